The molecule has 3 aromatic carbocycles. The van der Waals surface area contributed by atoms with E-state index >= 15 is 0 Å². The number of benzene rings is 3. The van der Waals surface area contributed by atoms with E-state index < -0.39 is 10.0 Å². The Morgan fingerprint density at radius 2 is 1.62 bits per heavy atom. The molecule has 180 valence electrons. The number of hydrogen-bond donors (Lipinski definition) is 1. The molecule has 0 aliphatic rings. The van der Waals surface area contributed by atoms with Gasteiger partial charge in [-0.05, 0) is 62.1 Å². The maximum Gasteiger partial charge on any atom is 0.264 e. The number of nitrogens with one attached hydrogen (secondary N) is 1. The van der Waals surface area contributed by atoms with Gasteiger partial charge in [-0.1, -0.05) is 61.0 Å². The summed E-state index contributed by atoms with van der Waals surface area (Å²) in [6, 6.07) is 23.2. The predicted octanol–water partition coefficient (Wildman–Crippen LogP) is 4.73. The first-order valence-electron chi connectivity index (χ1n) is 11.5. The van der Waals surface area contributed by atoms with E-state index in [1.54, 1.807) is 48.5 Å². The number of anilines is 1. The average Bonchev–Trinajstić information content (AvgIpc) is 2.85. The largest absolute Gasteiger partial charge is 0.493 e. The fourth-order valence-corrected chi connectivity index (χ4v) is 4.92. The van der Waals surface area contributed by atoms with Gasteiger partial charge < -0.3 is 10.1 Å². The standard InChI is InChI=1S/C27H32N2O4S/c1-3-20-33-26-14-8-7-10-23(26)11-9-19-28-27(30)21-29(24-12-5-4-6-13-24)34(31,32)25-17-15-22(2)16-18-25/h4-8,10,12-18H,3,9,11,19-21H2,1-2H3,(H,28,30). The van der Waals surface area contributed by atoms with Gasteiger partial charge in [-0.25, -0.2) is 8.42 Å². The van der Waals surface area contributed by atoms with Gasteiger partial charge in [0.1, 0.15) is 12.3 Å². The molecular weight excluding hydrogens is 448 g/mol. The van der Waals surface area contributed by atoms with Crippen molar-refractivity contribution >= 4 is 21.6 Å². The second-order valence-electron chi connectivity index (χ2n) is 8.07. The number of carbonyl (C=O) groups is 1. The van der Waals surface area contributed by atoms with E-state index in [1.165, 1.54) is 0 Å². The van der Waals surface area contributed by atoms with E-state index in [0.29, 0.717) is 25.3 Å². The highest BCUT2D eigenvalue weighted by molar-refractivity contribution is 7.92. The topological polar surface area (TPSA) is 75.7 Å². The highest BCUT2D eigenvalue weighted by Crippen LogP contribution is 2.24. The van der Waals surface area contributed by atoms with Crippen LogP contribution in [-0.2, 0) is 21.2 Å². The lowest BCUT2D eigenvalue weighted by molar-refractivity contribution is -0.119. The summed E-state index contributed by atoms with van der Waals surface area (Å²) >= 11 is 0. The molecule has 0 saturated heterocycles. The van der Waals surface area contributed by atoms with Crippen molar-refractivity contribution in [3.05, 3.63) is 90.0 Å². The van der Waals surface area contributed by atoms with Crippen molar-refractivity contribution in [1.29, 1.82) is 0 Å². The number of hydrogen-bond acceptors (Lipinski definition) is 4. The van der Waals surface area contributed by atoms with Crippen LogP contribution in [-0.4, -0.2) is 34.0 Å². The SMILES string of the molecule is CCCOc1ccccc1CCCNC(=O)CN(c1ccccc1)S(=O)(=O)c1ccc(C)cc1. The third kappa shape index (κ3) is 6.84. The maximum absolute atomic E-state index is 13.4. The van der Waals surface area contributed by atoms with Crippen LogP contribution in [0, 0.1) is 6.92 Å². The third-order valence-electron chi connectivity index (χ3n) is 5.32. The monoisotopic (exact) mass is 480 g/mol. The second-order valence-corrected chi connectivity index (χ2v) is 9.93. The van der Waals surface area contributed by atoms with E-state index in [0.717, 1.165) is 34.0 Å². The summed E-state index contributed by atoms with van der Waals surface area (Å²) in [4.78, 5) is 12.9. The van der Waals surface area contributed by atoms with Gasteiger partial charge in [0.05, 0.1) is 17.2 Å². The van der Waals surface area contributed by atoms with Gasteiger partial charge >= 0.3 is 0 Å². The smallest absolute Gasteiger partial charge is 0.264 e. The van der Waals surface area contributed by atoms with Crippen molar-refractivity contribution in [2.75, 3.05) is 24.0 Å². The Hall–Kier alpha value is -3.32. The highest BCUT2D eigenvalue weighted by atomic mass is 32.2. The molecule has 0 heterocycles. The average molecular weight is 481 g/mol. The summed E-state index contributed by atoms with van der Waals surface area (Å²) in [5.74, 6) is 0.519. The lowest BCUT2D eigenvalue weighted by atomic mass is 10.1. The quantitative estimate of drug-likeness (QED) is 0.380. The van der Waals surface area contributed by atoms with Crippen LogP contribution in [0.25, 0.3) is 0 Å². The molecule has 3 rings (SSSR count). The van der Waals surface area contributed by atoms with Crippen LogP contribution in [0.1, 0.15) is 30.9 Å². The van der Waals surface area contributed by atoms with Gasteiger partial charge in [-0.15, -0.1) is 0 Å². The number of sulfonamides is 1. The molecule has 3 aromatic rings. The van der Waals surface area contributed by atoms with Crippen molar-refractivity contribution in [2.45, 2.75) is 38.0 Å². The minimum absolute atomic E-state index is 0.151. The first kappa shape index (κ1) is 25.3. The molecule has 0 aliphatic heterocycles. The van der Waals surface area contributed by atoms with E-state index in [1.807, 2.05) is 37.3 Å². The minimum atomic E-state index is -3.90. The van der Waals surface area contributed by atoms with Crippen LogP contribution in [0.5, 0.6) is 5.75 Å². The van der Waals surface area contributed by atoms with Crippen LogP contribution >= 0.6 is 0 Å². The van der Waals surface area contributed by atoms with E-state index in [9.17, 15) is 13.2 Å². The number of nitrogens with zero attached hydrogens (tertiary/aromatic N) is 1. The summed E-state index contributed by atoms with van der Waals surface area (Å²) in [5, 5.41) is 2.86. The summed E-state index contributed by atoms with van der Waals surface area (Å²) in [7, 11) is -3.90. The molecule has 0 radical (unpaired) electrons. The van der Waals surface area contributed by atoms with E-state index in [2.05, 4.69) is 12.2 Å². The first-order valence-corrected chi connectivity index (χ1v) is 13.0. The molecule has 0 aliphatic carbocycles. The van der Waals surface area contributed by atoms with Crippen LogP contribution in [0.3, 0.4) is 0 Å². The molecule has 0 aromatic heterocycles. The number of carbonyl (C=O) groups excluding carboxylic acids is 1. The summed E-state index contributed by atoms with van der Waals surface area (Å²) < 4.78 is 33.6. The molecule has 0 saturated carbocycles. The Morgan fingerprint density at radius 3 is 2.32 bits per heavy atom. The summed E-state index contributed by atoms with van der Waals surface area (Å²) in [6.45, 7) is 4.77. The fraction of sp³-hybridized carbons (Fsp3) is 0.296. The molecule has 0 spiro atoms. The highest BCUT2D eigenvalue weighted by Gasteiger charge is 2.27. The molecule has 1 N–H and O–H groups in total. The summed E-state index contributed by atoms with van der Waals surface area (Å²) in [5.41, 5.74) is 2.50. The van der Waals surface area contributed by atoms with E-state index in [-0.39, 0.29) is 17.3 Å². The van der Waals surface area contributed by atoms with Crippen LogP contribution < -0.4 is 14.4 Å². The molecule has 6 nitrogen and oxygen atoms in total. The van der Waals surface area contributed by atoms with Gasteiger partial charge in [0.15, 0.2) is 0 Å². The Labute approximate surface area is 202 Å². The Morgan fingerprint density at radius 1 is 0.941 bits per heavy atom. The molecule has 34 heavy (non-hydrogen) atoms. The van der Waals surface area contributed by atoms with Crippen LogP contribution in [0.15, 0.2) is 83.8 Å². The van der Waals surface area contributed by atoms with Gasteiger partial charge in [-0.2, -0.15) is 0 Å². The number of para-hydroxylation sites is 2. The van der Waals surface area contributed by atoms with Gasteiger partial charge in [0, 0.05) is 6.54 Å². The van der Waals surface area contributed by atoms with Crippen molar-refractivity contribution in [2.24, 2.45) is 0 Å². The third-order valence-corrected chi connectivity index (χ3v) is 7.11. The molecule has 0 unspecified atom stereocenters. The molecule has 0 bridgehead atoms. The summed E-state index contributed by atoms with van der Waals surface area (Å²) in [6.07, 6.45) is 2.41. The fourth-order valence-electron chi connectivity index (χ4n) is 3.50. The number of rotatable bonds is 12. The van der Waals surface area contributed by atoms with Crippen molar-refractivity contribution in [3.63, 3.8) is 0 Å². The second kappa shape index (κ2) is 12.2. The lowest BCUT2D eigenvalue weighted by Gasteiger charge is -2.24. The molecule has 7 heteroatoms. The van der Waals surface area contributed by atoms with Crippen molar-refractivity contribution in [1.82, 2.24) is 5.32 Å². The zero-order valence-corrected chi connectivity index (χ0v) is 20.6. The Kier molecular flexibility index (Phi) is 9.10. The first-order chi connectivity index (χ1) is 16.4. The van der Waals surface area contributed by atoms with Gasteiger partial charge in [0.25, 0.3) is 10.0 Å². The molecule has 0 fully saturated rings. The van der Waals surface area contributed by atoms with Crippen LogP contribution in [0.4, 0.5) is 5.69 Å². The van der Waals surface area contributed by atoms with Gasteiger partial charge in [-0.3, -0.25) is 9.10 Å². The Balaban J connectivity index is 1.64. The number of amides is 1. The van der Waals surface area contributed by atoms with Crippen LogP contribution in [0.2, 0.25) is 0 Å². The van der Waals surface area contributed by atoms with Crippen molar-refractivity contribution < 1.29 is 17.9 Å². The minimum Gasteiger partial charge on any atom is -0.493 e. The van der Waals surface area contributed by atoms with Crippen molar-refractivity contribution in [3.8, 4) is 5.75 Å². The zero-order chi connectivity index (χ0) is 24.4. The normalized spacial score (nSPS) is 11.1. The van der Waals surface area contributed by atoms with E-state index in [4.69, 9.17) is 4.74 Å². The lowest BCUT2D eigenvalue weighted by Crippen LogP contribution is -2.41. The molecular formula is C27H32N2O4S. The molecule has 1 amide bonds. The maximum atomic E-state index is 13.4. The number of aryl methyl sites for hydroxylation is 2. The Bertz CT molecular complexity index is 1160. The number of ether oxygens (including phenoxy) is 1. The van der Waals surface area contributed by atoms with Gasteiger partial charge in [0.2, 0.25) is 5.91 Å². The molecule has 0 atom stereocenters. The zero-order valence-electron chi connectivity index (χ0n) is 19.7. The predicted molar refractivity (Wildman–Crippen MR) is 136 cm³/mol.